The zero-order valence-electron chi connectivity index (χ0n) is 18.3. The van der Waals surface area contributed by atoms with Crippen molar-refractivity contribution in [3.05, 3.63) is 58.7 Å². The van der Waals surface area contributed by atoms with Crippen molar-refractivity contribution in [1.82, 2.24) is 15.3 Å². The Hall–Kier alpha value is -3.24. The maximum absolute atomic E-state index is 12.8. The number of nitrogens with two attached hydrogens (primary N) is 1. The van der Waals surface area contributed by atoms with Crippen molar-refractivity contribution in [1.29, 1.82) is 0 Å². The second-order valence-electron chi connectivity index (χ2n) is 7.97. The number of pyridine rings is 1. The van der Waals surface area contributed by atoms with Gasteiger partial charge >= 0.3 is 6.61 Å². The summed E-state index contributed by atoms with van der Waals surface area (Å²) in [5.74, 6) is 0.241. The first-order valence-electron chi connectivity index (χ1n) is 10.7. The number of rotatable bonds is 10. The van der Waals surface area contributed by atoms with Crippen molar-refractivity contribution in [3.8, 4) is 23.0 Å². The maximum atomic E-state index is 12.8. The molecule has 1 aromatic carbocycles. The summed E-state index contributed by atoms with van der Waals surface area (Å²) in [4.78, 5) is 21.3. The van der Waals surface area contributed by atoms with Gasteiger partial charge in [0.05, 0.1) is 29.9 Å². The lowest BCUT2D eigenvalue weighted by atomic mass is 10.2. The molecule has 11 heteroatoms. The first-order valence-corrected chi connectivity index (χ1v) is 11.0. The first-order chi connectivity index (χ1) is 16.3. The van der Waals surface area contributed by atoms with Gasteiger partial charge in [0.1, 0.15) is 0 Å². The van der Waals surface area contributed by atoms with Crippen LogP contribution in [0.5, 0.6) is 11.5 Å². The summed E-state index contributed by atoms with van der Waals surface area (Å²) in [5, 5.41) is 3.21. The Morgan fingerprint density at radius 1 is 1.29 bits per heavy atom. The average molecular weight is 493 g/mol. The van der Waals surface area contributed by atoms with E-state index < -0.39 is 18.6 Å². The smallest absolute Gasteiger partial charge is 0.387 e. The lowest BCUT2D eigenvalue weighted by molar-refractivity contribution is -0.0515. The molecule has 0 bridgehead atoms. The number of amides is 1. The summed E-state index contributed by atoms with van der Waals surface area (Å²) >= 11 is 5.83. The molecule has 34 heavy (non-hydrogen) atoms. The van der Waals surface area contributed by atoms with Crippen molar-refractivity contribution in [3.63, 3.8) is 0 Å². The molecule has 1 aliphatic rings. The van der Waals surface area contributed by atoms with Crippen molar-refractivity contribution >= 4 is 17.5 Å². The zero-order valence-corrected chi connectivity index (χ0v) is 19.0. The molecule has 0 radical (unpaired) electrons. The number of nitrogens with one attached hydrogen (secondary N) is 1. The monoisotopic (exact) mass is 492 g/mol. The Bertz CT molecular complexity index is 1150. The number of aromatic nitrogens is 2. The molecule has 3 N–H and O–H groups in total. The highest BCUT2D eigenvalue weighted by atomic mass is 35.5. The number of benzene rings is 1. The highest BCUT2D eigenvalue weighted by Gasteiger charge is 2.26. The Kier molecular flexibility index (Phi) is 7.28. The molecule has 1 fully saturated rings. The van der Waals surface area contributed by atoms with E-state index in [0.29, 0.717) is 28.8 Å². The summed E-state index contributed by atoms with van der Waals surface area (Å²) < 4.78 is 41.7. The third kappa shape index (κ3) is 6.00. The molecule has 2 heterocycles. The average Bonchev–Trinajstić information content (AvgIpc) is 3.52. The molecule has 1 amide bonds. The van der Waals surface area contributed by atoms with Crippen LogP contribution in [0.2, 0.25) is 5.02 Å². The normalized spacial score (nSPS) is 14.2. The molecule has 3 aromatic rings. The van der Waals surface area contributed by atoms with Crippen LogP contribution in [0.1, 0.15) is 47.7 Å². The van der Waals surface area contributed by atoms with E-state index in [4.69, 9.17) is 26.5 Å². The van der Waals surface area contributed by atoms with Gasteiger partial charge in [-0.05, 0) is 56.0 Å². The minimum absolute atomic E-state index is 0.0207. The van der Waals surface area contributed by atoms with Crippen LogP contribution in [0.3, 0.4) is 0 Å². The van der Waals surface area contributed by atoms with Crippen LogP contribution in [-0.2, 0) is 6.54 Å². The number of alkyl halides is 2. The van der Waals surface area contributed by atoms with Crippen molar-refractivity contribution in [2.75, 3.05) is 6.61 Å². The van der Waals surface area contributed by atoms with Crippen LogP contribution >= 0.6 is 11.6 Å². The molecule has 2 aromatic heterocycles. The van der Waals surface area contributed by atoms with Crippen LogP contribution < -0.4 is 20.5 Å². The second-order valence-corrected chi connectivity index (χ2v) is 8.40. The van der Waals surface area contributed by atoms with Gasteiger partial charge in [-0.15, -0.1) is 0 Å². The Morgan fingerprint density at radius 3 is 2.74 bits per heavy atom. The van der Waals surface area contributed by atoms with Crippen molar-refractivity contribution in [2.24, 2.45) is 11.7 Å². The predicted octanol–water partition coefficient (Wildman–Crippen LogP) is 4.73. The van der Waals surface area contributed by atoms with Gasteiger partial charge in [-0.2, -0.15) is 8.78 Å². The standard InChI is InChI=1S/C23H23ClF2N4O4/c1-12(27)20-19(21(31)29-10-16-6-5-15(24)9-28-16)30-22(34-20)14-4-7-17(33-23(25)26)18(8-14)32-11-13-2-3-13/h4-9,12-13,23H,2-3,10-11,27H2,1H3,(H,29,31)/t12-/m0/s1. The molecule has 0 unspecified atom stereocenters. The molecule has 1 saturated carbocycles. The van der Waals surface area contributed by atoms with E-state index >= 15 is 0 Å². The number of ether oxygens (including phenoxy) is 2. The topological polar surface area (TPSA) is 113 Å². The third-order valence-corrected chi connectivity index (χ3v) is 5.30. The highest BCUT2D eigenvalue weighted by Crippen LogP contribution is 2.37. The van der Waals surface area contributed by atoms with Gasteiger partial charge < -0.3 is 24.9 Å². The molecular formula is C23H23ClF2N4O4. The third-order valence-electron chi connectivity index (χ3n) is 5.08. The molecule has 8 nitrogen and oxygen atoms in total. The minimum atomic E-state index is -2.99. The number of halogens is 3. The Balaban J connectivity index is 1.57. The molecule has 1 aliphatic carbocycles. The molecule has 0 spiro atoms. The van der Waals surface area contributed by atoms with Gasteiger partial charge in [0, 0.05) is 11.8 Å². The molecule has 1 atom stereocenters. The number of nitrogens with zero attached hydrogens (tertiary/aromatic N) is 2. The highest BCUT2D eigenvalue weighted by molar-refractivity contribution is 6.30. The maximum Gasteiger partial charge on any atom is 0.387 e. The van der Waals surface area contributed by atoms with Crippen molar-refractivity contribution in [2.45, 2.75) is 39.0 Å². The summed E-state index contributed by atoms with van der Waals surface area (Å²) in [5.41, 5.74) is 7.05. The number of hydrogen-bond acceptors (Lipinski definition) is 7. The minimum Gasteiger partial charge on any atom is -0.489 e. The van der Waals surface area contributed by atoms with Crippen LogP contribution in [0.15, 0.2) is 40.9 Å². The zero-order chi connectivity index (χ0) is 24.2. The quantitative estimate of drug-likeness (QED) is 0.420. The van der Waals surface area contributed by atoms with E-state index in [-0.39, 0.29) is 35.4 Å². The van der Waals surface area contributed by atoms with E-state index in [1.807, 2.05) is 0 Å². The number of hydrogen-bond donors (Lipinski definition) is 2. The van der Waals surface area contributed by atoms with Gasteiger partial charge in [-0.3, -0.25) is 9.78 Å². The molecular weight excluding hydrogens is 470 g/mol. The number of carbonyl (C=O) groups excluding carboxylic acids is 1. The van der Waals surface area contributed by atoms with Crippen LogP contribution in [0.25, 0.3) is 11.5 Å². The fraction of sp³-hybridized carbons (Fsp3) is 0.348. The van der Waals surface area contributed by atoms with Gasteiger partial charge in [-0.25, -0.2) is 4.98 Å². The van der Waals surface area contributed by atoms with E-state index in [9.17, 15) is 13.6 Å². The summed E-state index contributed by atoms with van der Waals surface area (Å²) in [6, 6.07) is 7.08. The van der Waals surface area contributed by atoms with Gasteiger partial charge in [0.2, 0.25) is 5.89 Å². The summed E-state index contributed by atoms with van der Waals surface area (Å²) in [6.45, 7) is -0.793. The van der Waals surface area contributed by atoms with Crippen LogP contribution in [0.4, 0.5) is 8.78 Å². The first kappa shape index (κ1) is 23.9. The predicted molar refractivity (Wildman–Crippen MR) is 120 cm³/mol. The van der Waals surface area contributed by atoms with Gasteiger partial charge in [0.25, 0.3) is 5.91 Å². The largest absolute Gasteiger partial charge is 0.489 e. The fourth-order valence-electron chi connectivity index (χ4n) is 3.13. The summed E-state index contributed by atoms with van der Waals surface area (Å²) in [6.07, 6.45) is 3.55. The Labute approximate surface area is 199 Å². The van der Waals surface area contributed by atoms with E-state index in [1.165, 1.54) is 24.4 Å². The van der Waals surface area contributed by atoms with Crippen LogP contribution in [-0.4, -0.2) is 29.1 Å². The van der Waals surface area contributed by atoms with E-state index in [0.717, 1.165) is 12.8 Å². The molecule has 4 rings (SSSR count). The van der Waals surface area contributed by atoms with E-state index in [1.54, 1.807) is 19.1 Å². The molecule has 0 aliphatic heterocycles. The molecule has 0 saturated heterocycles. The van der Waals surface area contributed by atoms with Crippen LogP contribution in [0, 0.1) is 5.92 Å². The molecule has 180 valence electrons. The van der Waals surface area contributed by atoms with Gasteiger partial charge in [0.15, 0.2) is 23.0 Å². The lowest BCUT2D eigenvalue weighted by Gasteiger charge is -2.12. The lowest BCUT2D eigenvalue weighted by Crippen LogP contribution is -2.25. The van der Waals surface area contributed by atoms with Gasteiger partial charge in [-0.1, -0.05) is 11.6 Å². The Morgan fingerprint density at radius 2 is 2.09 bits per heavy atom. The number of oxazole rings is 1. The SMILES string of the molecule is C[C@H](N)c1oc(-c2ccc(OC(F)F)c(OCC3CC3)c2)nc1C(=O)NCc1ccc(Cl)cn1. The summed E-state index contributed by atoms with van der Waals surface area (Å²) in [7, 11) is 0. The number of carbonyl (C=O) groups is 1. The fourth-order valence-corrected chi connectivity index (χ4v) is 3.24. The van der Waals surface area contributed by atoms with Crippen molar-refractivity contribution < 1.29 is 27.5 Å². The van der Waals surface area contributed by atoms with E-state index in [2.05, 4.69) is 20.0 Å². The second kappa shape index (κ2) is 10.4.